The second-order valence-corrected chi connectivity index (χ2v) is 3.02. The molecule has 0 fully saturated rings. The van der Waals surface area contributed by atoms with E-state index in [2.05, 4.69) is 11.9 Å². The summed E-state index contributed by atoms with van der Waals surface area (Å²) in [5, 5.41) is 13.0. The molecule has 1 aromatic rings. The first-order valence-electron chi connectivity index (χ1n) is 3.92. The van der Waals surface area contributed by atoms with Gasteiger partial charge in [0.05, 0.1) is 15.6 Å². The molecule has 1 rings (SSSR count). The van der Waals surface area contributed by atoms with Gasteiger partial charge in [0.15, 0.2) is 0 Å². The van der Waals surface area contributed by atoms with E-state index in [9.17, 15) is 14.9 Å². The van der Waals surface area contributed by atoms with E-state index in [0.717, 1.165) is 6.08 Å². The highest BCUT2D eigenvalue weighted by molar-refractivity contribution is 6.33. The van der Waals surface area contributed by atoms with Gasteiger partial charge in [-0.2, -0.15) is 0 Å². The van der Waals surface area contributed by atoms with Crippen LogP contribution in [0.25, 0.3) is 0 Å². The Hall–Kier alpha value is -1.88. The van der Waals surface area contributed by atoms with E-state index in [1.165, 1.54) is 18.2 Å². The Morgan fingerprint density at radius 2 is 2.27 bits per heavy atom. The van der Waals surface area contributed by atoms with Crippen molar-refractivity contribution in [2.24, 2.45) is 0 Å². The quantitative estimate of drug-likeness (QED) is 0.489. The average Bonchev–Trinajstić information content (AvgIpc) is 2.20. The summed E-state index contributed by atoms with van der Waals surface area (Å²) in [5.74, 6) is -0.475. The lowest BCUT2D eigenvalue weighted by atomic mass is 10.3. The lowest BCUT2D eigenvalue weighted by Crippen LogP contribution is -2.07. The average molecular weight is 227 g/mol. The van der Waals surface area contributed by atoms with Crippen molar-refractivity contribution in [1.29, 1.82) is 0 Å². The topological polar surface area (TPSA) is 72.2 Å². The highest BCUT2D eigenvalue weighted by atomic mass is 35.5. The molecule has 0 aliphatic rings. The zero-order valence-corrected chi connectivity index (χ0v) is 8.32. The highest BCUT2D eigenvalue weighted by Crippen LogP contribution is 2.26. The molecule has 15 heavy (non-hydrogen) atoms. The SMILES string of the molecule is C=CC(=O)Nc1cc([N+](=O)[O-])ccc1Cl. The summed E-state index contributed by atoms with van der Waals surface area (Å²) < 4.78 is 0. The first-order chi connectivity index (χ1) is 7.04. The van der Waals surface area contributed by atoms with Crippen molar-refractivity contribution in [3.63, 3.8) is 0 Å². The van der Waals surface area contributed by atoms with Crippen LogP contribution in [0.2, 0.25) is 5.02 Å². The molecule has 0 saturated carbocycles. The lowest BCUT2D eigenvalue weighted by Gasteiger charge is -2.03. The molecule has 0 atom stereocenters. The van der Waals surface area contributed by atoms with Gasteiger partial charge in [-0.25, -0.2) is 0 Å². The van der Waals surface area contributed by atoms with Crippen molar-refractivity contribution in [2.45, 2.75) is 0 Å². The van der Waals surface area contributed by atoms with Gasteiger partial charge in [-0.1, -0.05) is 18.2 Å². The number of hydrogen-bond acceptors (Lipinski definition) is 3. The second kappa shape index (κ2) is 4.56. The normalized spacial score (nSPS) is 9.40. The Morgan fingerprint density at radius 3 is 2.80 bits per heavy atom. The maximum atomic E-state index is 11.0. The second-order valence-electron chi connectivity index (χ2n) is 2.61. The monoisotopic (exact) mass is 226 g/mol. The molecule has 1 aromatic carbocycles. The van der Waals surface area contributed by atoms with Crippen LogP contribution in [0.15, 0.2) is 30.9 Å². The number of nitro benzene ring substituents is 1. The van der Waals surface area contributed by atoms with Crippen LogP contribution in [0, 0.1) is 10.1 Å². The van der Waals surface area contributed by atoms with E-state index in [1.807, 2.05) is 0 Å². The smallest absolute Gasteiger partial charge is 0.271 e. The van der Waals surface area contributed by atoms with E-state index in [1.54, 1.807) is 0 Å². The van der Waals surface area contributed by atoms with Crippen LogP contribution in [-0.2, 0) is 4.79 Å². The lowest BCUT2D eigenvalue weighted by molar-refractivity contribution is -0.384. The number of nitrogens with one attached hydrogen (secondary N) is 1. The van der Waals surface area contributed by atoms with E-state index in [-0.39, 0.29) is 16.4 Å². The number of amides is 1. The van der Waals surface area contributed by atoms with Crippen LogP contribution in [-0.4, -0.2) is 10.8 Å². The van der Waals surface area contributed by atoms with Crippen LogP contribution in [0.5, 0.6) is 0 Å². The Kier molecular flexibility index (Phi) is 3.41. The van der Waals surface area contributed by atoms with Gasteiger partial charge in [-0.05, 0) is 12.1 Å². The number of benzene rings is 1. The number of hydrogen-bond donors (Lipinski definition) is 1. The number of halogens is 1. The molecule has 0 bridgehead atoms. The number of carbonyl (C=O) groups is 1. The van der Waals surface area contributed by atoms with Crippen molar-refractivity contribution < 1.29 is 9.72 Å². The minimum absolute atomic E-state index is 0.140. The zero-order chi connectivity index (χ0) is 11.4. The fraction of sp³-hybridized carbons (Fsp3) is 0. The molecule has 78 valence electrons. The van der Waals surface area contributed by atoms with Gasteiger partial charge in [0.25, 0.3) is 5.69 Å². The van der Waals surface area contributed by atoms with E-state index in [0.29, 0.717) is 0 Å². The van der Waals surface area contributed by atoms with Crippen LogP contribution in [0.1, 0.15) is 0 Å². The van der Waals surface area contributed by atoms with E-state index < -0.39 is 10.8 Å². The van der Waals surface area contributed by atoms with Crippen molar-refractivity contribution in [3.05, 3.63) is 46.0 Å². The number of rotatable bonds is 3. The number of anilines is 1. The van der Waals surface area contributed by atoms with Crippen LogP contribution < -0.4 is 5.32 Å². The third-order valence-corrected chi connectivity index (χ3v) is 1.93. The summed E-state index contributed by atoms with van der Waals surface area (Å²) in [4.78, 5) is 20.8. The predicted octanol–water partition coefficient (Wildman–Crippen LogP) is 2.37. The van der Waals surface area contributed by atoms with Gasteiger partial charge in [0, 0.05) is 12.1 Å². The largest absolute Gasteiger partial charge is 0.321 e. The molecule has 0 aromatic heterocycles. The molecule has 1 N–H and O–H groups in total. The van der Waals surface area contributed by atoms with Crippen LogP contribution >= 0.6 is 11.6 Å². The molecule has 0 unspecified atom stereocenters. The molecule has 0 heterocycles. The fourth-order valence-electron chi connectivity index (χ4n) is 0.906. The van der Waals surface area contributed by atoms with E-state index in [4.69, 9.17) is 11.6 Å². The van der Waals surface area contributed by atoms with Gasteiger partial charge in [-0.3, -0.25) is 14.9 Å². The zero-order valence-electron chi connectivity index (χ0n) is 7.57. The number of nitro groups is 1. The van der Waals surface area contributed by atoms with Gasteiger partial charge < -0.3 is 5.32 Å². The van der Waals surface area contributed by atoms with Crippen LogP contribution in [0.4, 0.5) is 11.4 Å². The molecular formula is C9H7ClN2O3. The summed E-state index contributed by atoms with van der Waals surface area (Å²) in [7, 11) is 0. The maximum absolute atomic E-state index is 11.0. The fourth-order valence-corrected chi connectivity index (χ4v) is 1.07. The van der Waals surface area contributed by atoms with E-state index >= 15 is 0 Å². The molecule has 0 spiro atoms. The standard InChI is InChI=1S/C9H7ClN2O3/c1-2-9(13)11-8-5-6(12(14)15)3-4-7(8)10/h2-5H,1H2,(H,11,13). The minimum Gasteiger partial charge on any atom is -0.321 e. The number of nitrogens with zero attached hydrogens (tertiary/aromatic N) is 1. The molecule has 5 nitrogen and oxygen atoms in total. The molecule has 0 aliphatic carbocycles. The van der Waals surface area contributed by atoms with Crippen LogP contribution in [0.3, 0.4) is 0 Å². The Balaban J connectivity index is 3.05. The molecule has 1 amide bonds. The predicted molar refractivity (Wildman–Crippen MR) is 56.9 cm³/mol. The molecule has 6 heteroatoms. The molecule has 0 saturated heterocycles. The Morgan fingerprint density at radius 1 is 1.60 bits per heavy atom. The third-order valence-electron chi connectivity index (χ3n) is 1.60. The van der Waals surface area contributed by atoms with Crippen molar-refractivity contribution in [1.82, 2.24) is 0 Å². The summed E-state index contributed by atoms with van der Waals surface area (Å²) in [5.41, 5.74) is 0.0505. The first-order valence-corrected chi connectivity index (χ1v) is 4.29. The summed E-state index contributed by atoms with van der Waals surface area (Å²) >= 11 is 5.73. The third kappa shape index (κ3) is 2.78. The Labute approximate surface area is 90.5 Å². The molecule has 0 radical (unpaired) electrons. The van der Waals surface area contributed by atoms with Gasteiger partial charge in [0.2, 0.25) is 5.91 Å². The summed E-state index contributed by atoms with van der Waals surface area (Å²) in [6.07, 6.45) is 1.05. The van der Waals surface area contributed by atoms with Crippen molar-refractivity contribution in [3.8, 4) is 0 Å². The number of non-ortho nitro benzene ring substituents is 1. The first kappa shape index (κ1) is 11.2. The molecular weight excluding hydrogens is 220 g/mol. The Bertz CT molecular complexity index is 431. The molecule has 0 aliphatic heterocycles. The van der Waals surface area contributed by atoms with Crippen molar-refractivity contribution in [2.75, 3.05) is 5.32 Å². The van der Waals surface area contributed by atoms with Gasteiger partial charge in [0.1, 0.15) is 0 Å². The summed E-state index contributed by atoms with van der Waals surface area (Å²) in [6.45, 7) is 3.25. The highest BCUT2D eigenvalue weighted by Gasteiger charge is 2.10. The maximum Gasteiger partial charge on any atom is 0.271 e. The minimum atomic E-state index is -0.570. The van der Waals surface area contributed by atoms with Gasteiger partial charge in [-0.15, -0.1) is 0 Å². The van der Waals surface area contributed by atoms with Crippen molar-refractivity contribution >= 4 is 28.9 Å². The van der Waals surface area contributed by atoms with Gasteiger partial charge >= 0.3 is 0 Å². The number of carbonyl (C=O) groups excluding carboxylic acids is 1. The summed E-state index contributed by atoms with van der Waals surface area (Å²) in [6, 6.07) is 3.79.